The van der Waals surface area contributed by atoms with Crippen molar-refractivity contribution < 1.29 is 10.2 Å². The van der Waals surface area contributed by atoms with Crippen LogP contribution in [0.1, 0.15) is 98.3 Å². The molecule has 4 aliphatic carbocycles. The zero-order valence-electron chi connectivity index (χ0n) is 19.5. The average molecular weight is 403 g/mol. The molecule has 0 unspecified atom stereocenters. The largest absolute Gasteiger partial charge is 0.395 e. The molecule has 4 rings (SSSR count). The summed E-state index contributed by atoms with van der Waals surface area (Å²) in [5, 5.41) is 20.8. The van der Waals surface area contributed by atoms with Crippen LogP contribution in [0.4, 0.5) is 0 Å². The van der Waals surface area contributed by atoms with E-state index in [0.29, 0.717) is 17.9 Å². The Morgan fingerprint density at radius 3 is 2.55 bits per heavy atom. The fourth-order valence-electron chi connectivity index (χ4n) is 8.76. The molecule has 0 aromatic heterocycles. The molecule has 0 saturated heterocycles. The summed E-state index contributed by atoms with van der Waals surface area (Å²) < 4.78 is 0. The predicted molar refractivity (Wildman–Crippen MR) is 120 cm³/mol. The van der Waals surface area contributed by atoms with Gasteiger partial charge in [-0.05, 0) is 92.3 Å². The van der Waals surface area contributed by atoms with Gasteiger partial charge >= 0.3 is 0 Å². The molecule has 8 atom stereocenters. The maximum absolute atomic E-state index is 10.6. The minimum absolute atomic E-state index is 0.00948. The van der Waals surface area contributed by atoms with Crippen LogP contribution in [0.15, 0.2) is 11.6 Å². The molecular weight excluding hydrogens is 356 g/mol. The van der Waals surface area contributed by atoms with Gasteiger partial charge in [0, 0.05) is 5.41 Å². The van der Waals surface area contributed by atoms with Crippen molar-refractivity contribution in [3.63, 3.8) is 0 Å². The van der Waals surface area contributed by atoms with Crippen LogP contribution in [0.5, 0.6) is 0 Å². The van der Waals surface area contributed by atoms with Crippen LogP contribution in [0, 0.1) is 46.3 Å². The van der Waals surface area contributed by atoms with Gasteiger partial charge in [-0.25, -0.2) is 0 Å². The highest BCUT2D eigenvalue weighted by molar-refractivity contribution is 5.26. The maximum Gasteiger partial charge on any atom is 0.0577 e. The Kier molecular flexibility index (Phi) is 6.26. The molecular formula is C27H46O2. The van der Waals surface area contributed by atoms with Gasteiger partial charge in [-0.15, -0.1) is 0 Å². The summed E-state index contributed by atoms with van der Waals surface area (Å²) in [5.74, 6) is 4.82. The van der Waals surface area contributed by atoms with Gasteiger partial charge in [0.1, 0.15) is 0 Å². The van der Waals surface area contributed by atoms with Gasteiger partial charge in [0.2, 0.25) is 0 Å². The highest BCUT2D eigenvalue weighted by Crippen LogP contribution is 2.67. The lowest BCUT2D eigenvalue weighted by Gasteiger charge is -2.59. The molecule has 0 aliphatic heterocycles. The molecule has 0 spiro atoms. The number of allylic oxidation sites excluding steroid dienone is 1. The Morgan fingerprint density at radius 2 is 1.83 bits per heavy atom. The SMILES string of the molecule is CC(C)CCC[C@@H](C)[C@@H]1CC[C@@H]2[C@@H]3CC=C4C[C@@H](O)CC[C@]4(CO)[C@@H]3CC[C@@]21C. The van der Waals surface area contributed by atoms with Crippen LogP contribution in [-0.4, -0.2) is 22.9 Å². The molecule has 3 saturated carbocycles. The molecule has 2 nitrogen and oxygen atoms in total. The van der Waals surface area contributed by atoms with Crippen LogP contribution in [0.25, 0.3) is 0 Å². The molecule has 4 aliphatic rings. The van der Waals surface area contributed by atoms with Gasteiger partial charge < -0.3 is 10.2 Å². The van der Waals surface area contributed by atoms with E-state index in [-0.39, 0.29) is 11.5 Å². The molecule has 0 aromatic rings. The average Bonchev–Trinajstić information content (AvgIpc) is 3.04. The second kappa shape index (κ2) is 8.30. The number of hydrogen-bond acceptors (Lipinski definition) is 2. The number of aliphatic hydroxyl groups is 2. The molecule has 0 amide bonds. The maximum atomic E-state index is 10.6. The summed E-state index contributed by atoms with van der Waals surface area (Å²) in [6, 6.07) is 0. The second-order valence-corrected chi connectivity index (χ2v) is 12.1. The molecule has 2 N–H and O–H groups in total. The number of rotatable bonds is 6. The summed E-state index contributed by atoms with van der Waals surface area (Å²) in [5.41, 5.74) is 1.90. The molecule has 0 radical (unpaired) electrons. The van der Waals surface area contributed by atoms with E-state index in [1.807, 2.05) is 0 Å². The normalized spacial score (nSPS) is 45.3. The van der Waals surface area contributed by atoms with Crippen molar-refractivity contribution in [1.29, 1.82) is 0 Å². The monoisotopic (exact) mass is 402 g/mol. The highest BCUT2D eigenvalue weighted by Gasteiger charge is 2.60. The molecule has 0 heterocycles. The quantitative estimate of drug-likeness (QED) is 0.507. The Labute approximate surface area is 179 Å². The summed E-state index contributed by atoms with van der Waals surface area (Å²) in [4.78, 5) is 0. The standard InChI is InChI=1S/C27H46O2/c1-18(2)6-5-7-19(3)23-10-11-24-22-9-8-20-16-21(29)12-15-27(20,17-28)25(22)13-14-26(23,24)4/h8,18-19,21-25,28-29H,5-7,9-17H2,1-4H3/t19-,21+,22+,23+,24-,25-,26-,27-/m1/s1. The van der Waals surface area contributed by atoms with Crippen molar-refractivity contribution in [1.82, 2.24) is 0 Å². The first-order valence-electron chi connectivity index (χ1n) is 12.8. The van der Waals surface area contributed by atoms with Crippen molar-refractivity contribution >= 4 is 0 Å². The van der Waals surface area contributed by atoms with Gasteiger partial charge in [0.05, 0.1) is 12.7 Å². The van der Waals surface area contributed by atoms with Crippen molar-refractivity contribution in [2.24, 2.45) is 46.3 Å². The van der Waals surface area contributed by atoms with E-state index in [2.05, 4.69) is 33.8 Å². The van der Waals surface area contributed by atoms with Crippen molar-refractivity contribution in [2.75, 3.05) is 6.61 Å². The van der Waals surface area contributed by atoms with Crippen molar-refractivity contribution in [2.45, 2.75) is 104 Å². The smallest absolute Gasteiger partial charge is 0.0577 e. The van der Waals surface area contributed by atoms with E-state index < -0.39 is 0 Å². The lowest BCUT2D eigenvalue weighted by molar-refractivity contribution is -0.0795. The third kappa shape index (κ3) is 3.65. The van der Waals surface area contributed by atoms with Gasteiger partial charge in [-0.1, -0.05) is 58.6 Å². The van der Waals surface area contributed by atoms with Gasteiger partial charge in [-0.3, -0.25) is 0 Å². The highest BCUT2D eigenvalue weighted by atomic mass is 16.3. The number of hydrogen-bond donors (Lipinski definition) is 2. The first kappa shape index (κ1) is 21.9. The zero-order chi connectivity index (χ0) is 20.8. The molecule has 0 aromatic carbocycles. The summed E-state index contributed by atoms with van der Waals surface area (Å²) in [7, 11) is 0. The molecule has 29 heavy (non-hydrogen) atoms. The topological polar surface area (TPSA) is 40.5 Å². The van der Waals surface area contributed by atoms with E-state index in [9.17, 15) is 10.2 Å². The van der Waals surface area contributed by atoms with Crippen LogP contribution in [0.2, 0.25) is 0 Å². The van der Waals surface area contributed by atoms with Crippen LogP contribution in [0.3, 0.4) is 0 Å². The third-order valence-corrected chi connectivity index (χ3v) is 10.3. The molecule has 0 bridgehead atoms. The fraction of sp³-hybridized carbons (Fsp3) is 0.926. The lowest BCUT2D eigenvalue weighted by Crippen LogP contribution is -2.53. The van der Waals surface area contributed by atoms with E-state index >= 15 is 0 Å². The Bertz CT molecular complexity index is 610. The van der Waals surface area contributed by atoms with E-state index in [1.165, 1.54) is 56.9 Å². The third-order valence-electron chi connectivity index (χ3n) is 10.3. The Balaban J connectivity index is 1.51. The summed E-state index contributed by atoms with van der Waals surface area (Å²) in [6.07, 6.45) is 15.8. The fourth-order valence-corrected chi connectivity index (χ4v) is 8.76. The minimum atomic E-state index is -0.186. The van der Waals surface area contributed by atoms with E-state index in [1.54, 1.807) is 0 Å². The second-order valence-electron chi connectivity index (χ2n) is 12.1. The predicted octanol–water partition coefficient (Wildman–Crippen LogP) is 6.36. The Morgan fingerprint density at radius 1 is 1.03 bits per heavy atom. The van der Waals surface area contributed by atoms with Crippen LogP contribution >= 0.6 is 0 Å². The van der Waals surface area contributed by atoms with E-state index in [4.69, 9.17) is 0 Å². The van der Waals surface area contributed by atoms with Gasteiger partial charge in [0.15, 0.2) is 0 Å². The number of aliphatic hydroxyl groups excluding tert-OH is 2. The van der Waals surface area contributed by atoms with Gasteiger partial charge in [-0.2, -0.15) is 0 Å². The zero-order valence-corrected chi connectivity index (χ0v) is 19.5. The Hall–Kier alpha value is -0.340. The minimum Gasteiger partial charge on any atom is -0.395 e. The summed E-state index contributed by atoms with van der Waals surface area (Å²) >= 11 is 0. The molecule has 166 valence electrons. The van der Waals surface area contributed by atoms with Gasteiger partial charge in [0.25, 0.3) is 0 Å². The lowest BCUT2D eigenvalue weighted by atomic mass is 9.46. The first-order chi connectivity index (χ1) is 13.8. The first-order valence-corrected chi connectivity index (χ1v) is 12.8. The molecule has 3 fully saturated rings. The number of fused-ring (bicyclic) bond motifs is 5. The van der Waals surface area contributed by atoms with Crippen LogP contribution < -0.4 is 0 Å². The van der Waals surface area contributed by atoms with Crippen molar-refractivity contribution in [3.8, 4) is 0 Å². The van der Waals surface area contributed by atoms with E-state index in [0.717, 1.165) is 48.9 Å². The summed E-state index contributed by atoms with van der Waals surface area (Å²) in [6.45, 7) is 10.2. The van der Waals surface area contributed by atoms with Crippen LogP contribution in [-0.2, 0) is 0 Å². The van der Waals surface area contributed by atoms with Crippen molar-refractivity contribution in [3.05, 3.63) is 11.6 Å². The molecule has 2 heteroatoms.